The van der Waals surface area contributed by atoms with Gasteiger partial charge in [0.25, 0.3) is 5.91 Å². The first kappa shape index (κ1) is 10.6. The van der Waals surface area contributed by atoms with Gasteiger partial charge in [-0.05, 0) is 19.1 Å². The molecule has 0 aliphatic carbocycles. The smallest absolute Gasteiger partial charge is 0.253 e. The summed E-state index contributed by atoms with van der Waals surface area (Å²) in [5.74, 6) is -0.224. The summed E-state index contributed by atoms with van der Waals surface area (Å²) in [6.45, 7) is 1.73. The highest BCUT2D eigenvalue weighted by Crippen LogP contribution is 1.96. The number of nitrogens with one attached hydrogen (secondary N) is 1. The van der Waals surface area contributed by atoms with Gasteiger partial charge < -0.3 is 11.1 Å². The largest absolute Gasteiger partial charge is 0.392 e. The number of nitrogens with two attached hydrogens (primary N) is 1. The van der Waals surface area contributed by atoms with Crippen LogP contribution in [0.25, 0.3) is 0 Å². The van der Waals surface area contributed by atoms with Crippen LogP contribution in [0.5, 0.6) is 0 Å². The van der Waals surface area contributed by atoms with E-state index in [1.54, 1.807) is 25.3 Å². The van der Waals surface area contributed by atoms with Crippen molar-refractivity contribution in [2.24, 2.45) is 5.73 Å². The van der Waals surface area contributed by atoms with Crippen LogP contribution in [0, 0.1) is 0 Å². The second kappa shape index (κ2) is 4.66. The molecule has 0 spiro atoms. The van der Waals surface area contributed by atoms with E-state index in [9.17, 15) is 4.79 Å². The maximum atomic E-state index is 11.5. The third kappa shape index (κ3) is 2.77. The van der Waals surface area contributed by atoms with Gasteiger partial charge in [-0.25, -0.2) is 0 Å². The zero-order valence-electron chi connectivity index (χ0n) is 7.73. The Kier molecular flexibility index (Phi) is 3.53. The second-order valence-electron chi connectivity index (χ2n) is 2.84. The predicted molar refractivity (Wildman–Crippen MR) is 58.0 cm³/mol. The van der Waals surface area contributed by atoms with E-state index in [1.165, 1.54) is 6.20 Å². The third-order valence-corrected chi connectivity index (χ3v) is 2.05. The van der Waals surface area contributed by atoms with Crippen molar-refractivity contribution in [3.63, 3.8) is 0 Å². The molecule has 0 radical (unpaired) electrons. The summed E-state index contributed by atoms with van der Waals surface area (Å²) < 4.78 is 0. The van der Waals surface area contributed by atoms with E-state index in [0.717, 1.165) is 0 Å². The lowest BCUT2D eigenvalue weighted by atomic mass is 10.2. The van der Waals surface area contributed by atoms with Gasteiger partial charge in [-0.2, -0.15) is 0 Å². The van der Waals surface area contributed by atoms with Crippen LogP contribution in [0.2, 0.25) is 0 Å². The lowest BCUT2D eigenvalue weighted by molar-refractivity contribution is 0.0949. The fourth-order valence-corrected chi connectivity index (χ4v) is 0.907. The average Bonchev–Trinajstić information content (AvgIpc) is 2.19. The summed E-state index contributed by atoms with van der Waals surface area (Å²) in [6.07, 6.45) is 3.09. The van der Waals surface area contributed by atoms with E-state index < -0.39 is 0 Å². The van der Waals surface area contributed by atoms with Gasteiger partial charge in [0.05, 0.1) is 16.6 Å². The summed E-state index contributed by atoms with van der Waals surface area (Å²) in [5.41, 5.74) is 5.86. The van der Waals surface area contributed by atoms with Crippen LogP contribution < -0.4 is 11.1 Å². The van der Waals surface area contributed by atoms with E-state index in [1.807, 2.05) is 0 Å². The molecule has 0 fully saturated rings. The average molecular weight is 209 g/mol. The fourth-order valence-electron chi connectivity index (χ4n) is 0.848. The molecule has 5 heteroatoms. The van der Waals surface area contributed by atoms with Crippen LogP contribution >= 0.6 is 12.2 Å². The highest BCUT2D eigenvalue weighted by molar-refractivity contribution is 7.80. The molecule has 1 atom stereocenters. The Balaban J connectivity index is 2.64. The minimum absolute atomic E-state index is 0.224. The van der Waals surface area contributed by atoms with E-state index in [-0.39, 0.29) is 16.9 Å². The maximum absolute atomic E-state index is 11.5. The number of carbonyl (C=O) groups is 1. The van der Waals surface area contributed by atoms with Crippen molar-refractivity contribution < 1.29 is 4.79 Å². The first-order valence-electron chi connectivity index (χ1n) is 4.11. The van der Waals surface area contributed by atoms with Crippen LogP contribution in [0.4, 0.5) is 0 Å². The molecule has 1 aromatic rings. The molecular weight excluding hydrogens is 198 g/mol. The van der Waals surface area contributed by atoms with Gasteiger partial charge in [-0.15, -0.1) is 0 Å². The Labute approximate surface area is 87.5 Å². The molecule has 1 aromatic heterocycles. The fraction of sp³-hybridized carbons (Fsp3) is 0.222. The predicted octanol–water partition coefficient (Wildman–Crippen LogP) is 0.486. The molecule has 0 aliphatic heterocycles. The Hall–Kier alpha value is -1.49. The molecule has 4 nitrogen and oxygen atoms in total. The van der Waals surface area contributed by atoms with E-state index in [2.05, 4.69) is 10.3 Å². The highest BCUT2D eigenvalue weighted by Gasteiger charge is 2.10. The lowest BCUT2D eigenvalue weighted by Gasteiger charge is -2.11. The number of pyridine rings is 1. The van der Waals surface area contributed by atoms with Crippen LogP contribution in [-0.4, -0.2) is 21.9 Å². The van der Waals surface area contributed by atoms with Crippen LogP contribution in [0.3, 0.4) is 0 Å². The number of thiocarbonyl (C=S) groups is 1. The van der Waals surface area contributed by atoms with Crippen molar-refractivity contribution in [3.8, 4) is 0 Å². The number of aromatic nitrogens is 1. The number of carbonyl (C=O) groups excluding carboxylic acids is 1. The van der Waals surface area contributed by atoms with Gasteiger partial charge in [0.2, 0.25) is 0 Å². The SMILES string of the molecule is CC(NC(=O)c1cccnc1)C(N)=S. The molecular formula is C9H11N3OS. The second-order valence-corrected chi connectivity index (χ2v) is 3.31. The van der Waals surface area contributed by atoms with Crippen LogP contribution in [0.1, 0.15) is 17.3 Å². The van der Waals surface area contributed by atoms with Crippen molar-refractivity contribution in [1.82, 2.24) is 10.3 Å². The first-order valence-corrected chi connectivity index (χ1v) is 4.52. The van der Waals surface area contributed by atoms with Gasteiger partial charge in [-0.1, -0.05) is 12.2 Å². The van der Waals surface area contributed by atoms with Gasteiger partial charge >= 0.3 is 0 Å². The summed E-state index contributed by atoms with van der Waals surface area (Å²) >= 11 is 4.73. The molecule has 74 valence electrons. The number of nitrogens with zero attached hydrogens (tertiary/aromatic N) is 1. The molecule has 1 amide bonds. The summed E-state index contributed by atoms with van der Waals surface area (Å²) in [7, 11) is 0. The monoisotopic (exact) mass is 209 g/mol. The summed E-state index contributed by atoms with van der Waals surface area (Å²) in [6, 6.07) is 3.06. The zero-order valence-corrected chi connectivity index (χ0v) is 8.54. The van der Waals surface area contributed by atoms with Crippen molar-refractivity contribution in [2.45, 2.75) is 13.0 Å². The Morgan fingerprint density at radius 1 is 1.71 bits per heavy atom. The van der Waals surface area contributed by atoms with Crippen molar-refractivity contribution in [1.29, 1.82) is 0 Å². The summed E-state index contributed by atoms with van der Waals surface area (Å²) in [5, 5.41) is 2.65. The minimum atomic E-state index is -0.308. The molecule has 0 aliphatic rings. The van der Waals surface area contributed by atoms with E-state index >= 15 is 0 Å². The molecule has 1 unspecified atom stereocenters. The van der Waals surface area contributed by atoms with E-state index in [0.29, 0.717) is 5.56 Å². The Morgan fingerprint density at radius 2 is 2.43 bits per heavy atom. The van der Waals surface area contributed by atoms with Gasteiger partial charge in [0.15, 0.2) is 0 Å². The molecule has 3 N–H and O–H groups in total. The molecule has 14 heavy (non-hydrogen) atoms. The first-order chi connectivity index (χ1) is 6.61. The van der Waals surface area contributed by atoms with Gasteiger partial charge in [-0.3, -0.25) is 9.78 Å². The van der Waals surface area contributed by atoms with Gasteiger partial charge in [0, 0.05) is 12.4 Å². The zero-order chi connectivity index (χ0) is 10.6. The molecule has 0 saturated carbocycles. The highest BCUT2D eigenvalue weighted by atomic mass is 32.1. The molecule has 0 bridgehead atoms. The molecule has 0 saturated heterocycles. The normalized spacial score (nSPS) is 11.8. The quantitative estimate of drug-likeness (QED) is 0.711. The maximum Gasteiger partial charge on any atom is 0.253 e. The van der Waals surface area contributed by atoms with Crippen molar-refractivity contribution >= 4 is 23.1 Å². The van der Waals surface area contributed by atoms with Crippen molar-refractivity contribution in [3.05, 3.63) is 30.1 Å². The number of rotatable bonds is 3. The van der Waals surface area contributed by atoms with Crippen LogP contribution in [0.15, 0.2) is 24.5 Å². The lowest BCUT2D eigenvalue weighted by Crippen LogP contribution is -2.41. The number of hydrogen-bond acceptors (Lipinski definition) is 3. The Morgan fingerprint density at radius 3 is 2.93 bits per heavy atom. The topological polar surface area (TPSA) is 68.0 Å². The summed E-state index contributed by atoms with van der Waals surface area (Å²) in [4.78, 5) is 15.6. The van der Waals surface area contributed by atoms with Crippen molar-refractivity contribution in [2.75, 3.05) is 0 Å². The van der Waals surface area contributed by atoms with Gasteiger partial charge in [0.1, 0.15) is 0 Å². The van der Waals surface area contributed by atoms with Crippen LogP contribution in [-0.2, 0) is 0 Å². The third-order valence-electron chi connectivity index (χ3n) is 1.70. The Bertz CT molecular complexity index is 339. The molecule has 1 rings (SSSR count). The molecule has 0 aromatic carbocycles. The number of amides is 1. The molecule has 1 heterocycles. The standard InChI is InChI=1S/C9H11N3OS/c1-6(8(10)14)12-9(13)7-3-2-4-11-5-7/h2-6H,1H3,(H2,10,14)(H,12,13). The minimum Gasteiger partial charge on any atom is -0.392 e. The number of hydrogen-bond donors (Lipinski definition) is 2. The van der Waals surface area contributed by atoms with E-state index in [4.69, 9.17) is 18.0 Å².